The number of rotatable bonds is 7. The van der Waals surface area contributed by atoms with Gasteiger partial charge in [0.15, 0.2) is 11.5 Å². The molecule has 0 saturated carbocycles. The molecule has 0 spiro atoms. The average molecular weight is 558 g/mol. The Morgan fingerprint density at radius 3 is 1.67 bits per heavy atom. The van der Waals surface area contributed by atoms with E-state index >= 15 is 0 Å². The van der Waals surface area contributed by atoms with Gasteiger partial charge in [-0.15, -0.1) is 0 Å². The largest absolute Gasteiger partial charge is 0.748 e. The Balaban J connectivity index is 0.000000976. The van der Waals surface area contributed by atoms with Crippen molar-refractivity contribution in [1.29, 1.82) is 0 Å². The first-order chi connectivity index (χ1) is 18.0. The SMILES string of the molecule is CS(=O)(=O)[O-].Cc1ccc(C(=O)Oc2ccc([C@H](O)C[NH2+]C(C)(C)C)cc2OC(=O)c2ccc(C)cc2)cc1. The van der Waals surface area contributed by atoms with Crippen LogP contribution in [0.5, 0.6) is 11.5 Å². The second-order valence-electron chi connectivity index (χ2n) is 10.2. The van der Waals surface area contributed by atoms with Crippen molar-refractivity contribution in [3.8, 4) is 11.5 Å². The van der Waals surface area contributed by atoms with Gasteiger partial charge in [-0.2, -0.15) is 0 Å². The number of nitrogens with two attached hydrogens (primary N) is 1. The normalized spacial score (nSPS) is 12.1. The van der Waals surface area contributed by atoms with Gasteiger partial charge < -0.3 is 24.4 Å². The number of hydrogen-bond acceptors (Lipinski definition) is 8. The van der Waals surface area contributed by atoms with E-state index in [4.69, 9.17) is 22.4 Å². The van der Waals surface area contributed by atoms with E-state index in [1.807, 2.05) is 43.4 Å². The van der Waals surface area contributed by atoms with Crippen molar-refractivity contribution >= 4 is 22.1 Å². The standard InChI is InChI=1S/C28H31NO5.CH4O3S/c1-18-6-10-20(11-7-18)26(31)33-24-15-14-22(23(30)17-29-28(3,4)5)16-25(24)34-27(32)21-12-8-19(2)9-13-21;1-5(2,3)4/h6-16,23,29-30H,17H2,1-5H3;1H3,(H,2,3,4)/t23-;/m1./s1. The maximum atomic E-state index is 12.8. The number of carbonyl (C=O) groups excluding carboxylic acids is 2. The molecule has 0 saturated heterocycles. The van der Waals surface area contributed by atoms with E-state index in [1.54, 1.807) is 42.5 Å². The molecule has 1 atom stereocenters. The van der Waals surface area contributed by atoms with Crippen molar-refractivity contribution in [1.82, 2.24) is 0 Å². The van der Waals surface area contributed by atoms with Crippen molar-refractivity contribution in [2.45, 2.75) is 46.3 Å². The molecule has 0 unspecified atom stereocenters. The quantitative estimate of drug-likeness (QED) is 0.256. The molecule has 0 aliphatic carbocycles. The summed E-state index contributed by atoms with van der Waals surface area (Å²) in [6, 6.07) is 18.7. The molecule has 0 fully saturated rings. The van der Waals surface area contributed by atoms with Gasteiger partial charge in [-0.3, -0.25) is 0 Å². The van der Waals surface area contributed by atoms with E-state index < -0.39 is 28.2 Å². The first kappa shape index (κ1) is 31.6. The van der Waals surface area contributed by atoms with Crippen LogP contribution in [0.15, 0.2) is 66.7 Å². The summed E-state index contributed by atoms with van der Waals surface area (Å²) < 4.78 is 38.4. The first-order valence-corrected chi connectivity index (χ1v) is 14.0. The molecule has 0 aliphatic rings. The molecule has 0 heterocycles. The molecule has 0 bridgehead atoms. The highest BCUT2D eigenvalue weighted by atomic mass is 32.2. The summed E-state index contributed by atoms with van der Waals surface area (Å²) >= 11 is 0. The molecule has 210 valence electrons. The van der Waals surface area contributed by atoms with Gasteiger partial charge in [-0.25, -0.2) is 18.0 Å². The fourth-order valence-electron chi connectivity index (χ4n) is 3.19. The van der Waals surface area contributed by atoms with Crippen LogP contribution in [0, 0.1) is 13.8 Å². The van der Waals surface area contributed by atoms with Crippen molar-refractivity contribution < 1.29 is 42.5 Å². The third-order valence-corrected chi connectivity index (χ3v) is 5.29. The zero-order valence-corrected chi connectivity index (χ0v) is 23.7. The van der Waals surface area contributed by atoms with Gasteiger partial charge in [0, 0.05) is 6.26 Å². The van der Waals surface area contributed by atoms with Crippen molar-refractivity contribution in [3.05, 3.63) is 94.5 Å². The Kier molecular flexibility index (Phi) is 10.9. The Bertz CT molecular complexity index is 1370. The predicted molar refractivity (Wildman–Crippen MR) is 146 cm³/mol. The molecule has 0 aromatic heterocycles. The summed E-state index contributed by atoms with van der Waals surface area (Å²) in [4.78, 5) is 25.5. The third-order valence-electron chi connectivity index (χ3n) is 5.29. The summed E-state index contributed by atoms with van der Waals surface area (Å²) in [6.45, 7) is 10.5. The van der Waals surface area contributed by atoms with E-state index in [1.165, 1.54) is 0 Å². The molecule has 3 N–H and O–H groups in total. The molecule has 39 heavy (non-hydrogen) atoms. The highest BCUT2D eigenvalue weighted by Gasteiger charge is 2.21. The molecule has 9 nitrogen and oxygen atoms in total. The van der Waals surface area contributed by atoms with Crippen LogP contribution in [-0.2, 0) is 10.1 Å². The molecule has 0 radical (unpaired) electrons. The molecule has 3 aromatic rings. The summed E-state index contributed by atoms with van der Waals surface area (Å²) in [7, 11) is -3.92. The molecular formula is C29H35NO8S. The van der Waals surface area contributed by atoms with Gasteiger partial charge >= 0.3 is 11.9 Å². The number of benzene rings is 3. The van der Waals surface area contributed by atoms with Gasteiger partial charge in [0.1, 0.15) is 12.6 Å². The van der Waals surface area contributed by atoms with E-state index in [9.17, 15) is 14.7 Å². The summed E-state index contributed by atoms with van der Waals surface area (Å²) in [6.07, 6.45) is -0.189. The maximum Gasteiger partial charge on any atom is 0.343 e. The highest BCUT2D eigenvalue weighted by molar-refractivity contribution is 7.84. The second-order valence-corrected chi connectivity index (χ2v) is 11.7. The fraction of sp³-hybridized carbons (Fsp3) is 0.310. The Morgan fingerprint density at radius 1 is 0.846 bits per heavy atom. The average Bonchev–Trinajstić information content (AvgIpc) is 2.83. The highest BCUT2D eigenvalue weighted by Crippen LogP contribution is 2.32. The summed E-state index contributed by atoms with van der Waals surface area (Å²) in [5.74, 6) is -0.984. The number of esters is 2. The van der Waals surface area contributed by atoms with Crippen LogP contribution in [0.25, 0.3) is 0 Å². The van der Waals surface area contributed by atoms with Crippen LogP contribution in [0.1, 0.15) is 64.3 Å². The van der Waals surface area contributed by atoms with Crippen LogP contribution in [0.3, 0.4) is 0 Å². The number of hydrogen-bond donors (Lipinski definition) is 2. The minimum atomic E-state index is -3.92. The zero-order valence-electron chi connectivity index (χ0n) is 22.9. The first-order valence-electron chi connectivity index (χ1n) is 12.2. The lowest BCUT2D eigenvalue weighted by Crippen LogP contribution is -2.95. The van der Waals surface area contributed by atoms with Gasteiger partial charge in [0.2, 0.25) is 0 Å². The monoisotopic (exact) mass is 557 g/mol. The van der Waals surface area contributed by atoms with Gasteiger partial charge in [0.05, 0.1) is 26.8 Å². The topological polar surface area (TPSA) is 147 Å². The van der Waals surface area contributed by atoms with Crippen LogP contribution >= 0.6 is 0 Å². The number of aryl methyl sites for hydroxylation is 2. The zero-order chi connectivity index (χ0) is 29.4. The van der Waals surface area contributed by atoms with Gasteiger partial charge in [0.25, 0.3) is 0 Å². The van der Waals surface area contributed by atoms with Crippen LogP contribution in [-0.4, -0.2) is 48.4 Å². The molecule has 10 heteroatoms. The maximum absolute atomic E-state index is 12.8. The third kappa shape index (κ3) is 11.8. The smallest absolute Gasteiger partial charge is 0.343 e. The summed E-state index contributed by atoms with van der Waals surface area (Å²) in [5, 5.41) is 12.7. The Hall–Kier alpha value is -3.57. The predicted octanol–water partition coefficient (Wildman–Crippen LogP) is 3.30. The second kappa shape index (κ2) is 13.5. The Labute approximate surface area is 229 Å². The van der Waals surface area contributed by atoms with Crippen molar-refractivity contribution in [2.24, 2.45) is 0 Å². The van der Waals surface area contributed by atoms with E-state index in [0.717, 1.165) is 11.1 Å². The minimum Gasteiger partial charge on any atom is -0.748 e. The van der Waals surface area contributed by atoms with E-state index in [0.29, 0.717) is 29.5 Å². The van der Waals surface area contributed by atoms with Crippen LogP contribution < -0.4 is 14.8 Å². The van der Waals surface area contributed by atoms with Gasteiger partial charge in [-0.05, 0) is 76.6 Å². The van der Waals surface area contributed by atoms with Crippen molar-refractivity contribution in [2.75, 3.05) is 12.8 Å². The van der Waals surface area contributed by atoms with Crippen molar-refractivity contribution in [3.63, 3.8) is 0 Å². The van der Waals surface area contributed by atoms with E-state index in [2.05, 4.69) is 20.8 Å². The number of aliphatic hydroxyl groups is 1. The Morgan fingerprint density at radius 2 is 1.26 bits per heavy atom. The van der Waals surface area contributed by atoms with Crippen LogP contribution in [0.2, 0.25) is 0 Å². The lowest BCUT2D eigenvalue weighted by atomic mass is 10.1. The van der Waals surface area contributed by atoms with E-state index in [-0.39, 0.29) is 17.0 Å². The summed E-state index contributed by atoms with van der Waals surface area (Å²) in [5.41, 5.74) is 3.30. The van der Waals surface area contributed by atoms with Gasteiger partial charge in [-0.1, -0.05) is 41.5 Å². The number of quaternary nitrogens is 1. The molecule has 3 rings (SSSR count). The molecular weight excluding hydrogens is 522 g/mol. The number of aliphatic hydroxyl groups excluding tert-OH is 1. The fourth-order valence-corrected chi connectivity index (χ4v) is 3.19. The van der Waals surface area contributed by atoms with Crippen LogP contribution in [0.4, 0.5) is 0 Å². The lowest BCUT2D eigenvalue weighted by Gasteiger charge is -2.20. The minimum absolute atomic E-state index is 0.0504. The molecule has 3 aromatic carbocycles. The number of ether oxygens (including phenoxy) is 2. The molecule has 0 aliphatic heterocycles. The lowest BCUT2D eigenvalue weighted by molar-refractivity contribution is -0.722. The molecule has 0 amide bonds. The number of carbonyl (C=O) groups is 2.